The van der Waals surface area contributed by atoms with Crippen LogP contribution in [0.25, 0.3) is 5.57 Å². The van der Waals surface area contributed by atoms with Gasteiger partial charge in [-0.2, -0.15) is 0 Å². The molecule has 2 aromatic rings. The molecule has 0 unspecified atom stereocenters. The van der Waals surface area contributed by atoms with Gasteiger partial charge in [-0.15, -0.1) is 0 Å². The predicted molar refractivity (Wildman–Crippen MR) is 122 cm³/mol. The summed E-state index contributed by atoms with van der Waals surface area (Å²) in [6, 6.07) is 16.9. The summed E-state index contributed by atoms with van der Waals surface area (Å²) < 4.78 is 11.2. The molecule has 164 valence electrons. The van der Waals surface area contributed by atoms with E-state index in [1.165, 1.54) is 4.90 Å². The number of carbonyl (C=O) groups excluding carboxylic acids is 2. The zero-order chi connectivity index (χ0) is 22.4. The van der Waals surface area contributed by atoms with Gasteiger partial charge in [0.25, 0.3) is 11.8 Å². The van der Waals surface area contributed by atoms with Gasteiger partial charge in [0.05, 0.1) is 31.4 Å². The highest BCUT2D eigenvalue weighted by Gasteiger charge is 2.40. The molecule has 0 saturated heterocycles. The second kappa shape index (κ2) is 10.3. The molecule has 3 rings (SSSR count). The minimum atomic E-state index is -0.315. The van der Waals surface area contributed by atoms with Crippen molar-refractivity contribution >= 4 is 23.1 Å². The third-order valence-electron chi connectivity index (χ3n) is 5.00. The third kappa shape index (κ3) is 5.14. The van der Waals surface area contributed by atoms with E-state index in [0.717, 1.165) is 17.9 Å². The fourth-order valence-corrected chi connectivity index (χ4v) is 3.44. The molecule has 6 heteroatoms. The van der Waals surface area contributed by atoms with Gasteiger partial charge < -0.3 is 14.4 Å². The van der Waals surface area contributed by atoms with Gasteiger partial charge in [0.1, 0.15) is 11.4 Å². The van der Waals surface area contributed by atoms with Crippen LogP contribution in [0.2, 0.25) is 0 Å². The molecular formula is C25H30N2O4. The Hall–Kier alpha value is -3.12. The van der Waals surface area contributed by atoms with E-state index in [-0.39, 0.29) is 24.5 Å². The van der Waals surface area contributed by atoms with Crippen LogP contribution >= 0.6 is 0 Å². The van der Waals surface area contributed by atoms with Crippen molar-refractivity contribution in [2.24, 2.45) is 0 Å². The van der Waals surface area contributed by atoms with Crippen molar-refractivity contribution < 1.29 is 19.1 Å². The average molecular weight is 423 g/mol. The number of carbonyl (C=O) groups is 2. The number of likely N-dealkylation sites (N-methyl/N-ethyl adjacent to an activating group) is 1. The molecule has 0 aliphatic carbocycles. The van der Waals surface area contributed by atoms with Crippen LogP contribution in [0, 0.1) is 0 Å². The fraction of sp³-hybridized carbons (Fsp3) is 0.360. The maximum Gasteiger partial charge on any atom is 0.278 e. The molecule has 2 amide bonds. The number of nitrogens with zero attached hydrogens (tertiary/aromatic N) is 2. The highest BCUT2D eigenvalue weighted by molar-refractivity contribution is 6.36. The number of rotatable bonds is 10. The van der Waals surface area contributed by atoms with E-state index in [4.69, 9.17) is 9.47 Å². The molecule has 2 aromatic carbocycles. The van der Waals surface area contributed by atoms with Crippen LogP contribution in [0.15, 0.2) is 60.3 Å². The standard InChI is InChI=1S/C25H30N2O4/c1-5-16-31-21-13-11-19(12-14-21)22-23(26(4)20-9-7-6-8-10-20)25(29)27(24(22)28)15-17-30-18(2)3/h6-14,18H,5,15-17H2,1-4H3. The van der Waals surface area contributed by atoms with Crippen molar-refractivity contribution in [2.45, 2.75) is 33.3 Å². The first kappa shape index (κ1) is 22.6. The van der Waals surface area contributed by atoms with E-state index >= 15 is 0 Å². The summed E-state index contributed by atoms with van der Waals surface area (Å²) in [5.41, 5.74) is 2.28. The minimum Gasteiger partial charge on any atom is -0.494 e. The van der Waals surface area contributed by atoms with Crippen molar-refractivity contribution in [3.8, 4) is 5.75 Å². The average Bonchev–Trinajstić information content (AvgIpc) is 3.02. The summed E-state index contributed by atoms with van der Waals surface area (Å²) in [5.74, 6) is 0.116. The van der Waals surface area contributed by atoms with Crippen LogP contribution in [0.5, 0.6) is 5.75 Å². The monoisotopic (exact) mass is 422 g/mol. The lowest BCUT2D eigenvalue weighted by atomic mass is 10.0. The number of benzene rings is 2. The van der Waals surface area contributed by atoms with E-state index in [2.05, 4.69) is 0 Å². The summed E-state index contributed by atoms with van der Waals surface area (Å²) in [6.45, 7) is 7.04. The van der Waals surface area contributed by atoms with Crippen molar-refractivity contribution in [1.29, 1.82) is 0 Å². The lowest BCUT2D eigenvalue weighted by Gasteiger charge is -2.21. The quantitative estimate of drug-likeness (QED) is 0.539. The number of hydrogen-bond acceptors (Lipinski definition) is 5. The molecule has 1 aliphatic rings. The Bertz CT molecular complexity index is 936. The molecule has 0 aromatic heterocycles. The van der Waals surface area contributed by atoms with Gasteiger partial charge in [-0.25, -0.2) is 0 Å². The summed E-state index contributed by atoms with van der Waals surface area (Å²) in [4.78, 5) is 29.7. The molecule has 1 heterocycles. The Kier molecular flexibility index (Phi) is 7.47. The van der Waals surface area contributed by atoms with Crippen LogP contribution in [0.4, 0.5) is 5.69 Å². The SMILES string of the molecule is CCCOc1ccc(C2=C(N(C)c3ccccc3)C(=O)N(CCOC(C)C)C2=O)cc1. The first-order chi connectivity index (χ1) is 14.9. The Morgan fingerprint density at radius 3 is 2.23 bits per heavy atom. The molecule has 0 N–H and O–H groups in total. The Labute approximate surface area is 184 Å². The van der Waals surface area contributed by atoms with Gasteiger partial charge >= 0.3 is 0 Å². The molecule has 0 spiro atoms. The second-order valence-electron chi connectivity index (χ2n) is 7.67. The van der Waals surface area contributed by atoms with Gasteiger partial charge in [-0.05, 0) is 50.1 Å². The van der Waals surface area contributed by atoms with Crippen molar-refractivity contribution in [3.63, 3.8) is 0 Å². The highest BCUT2D eigenvalue weighted by Crippen LogP contribution is 2.34. The number of para-hydroxylation sites is 1. The number of imide groups is 1. The number of hydrogen-bond donors (Lipinski definition) is 0. The van der Waals surface area contributed by atoms with Gasteiger partial charge in [0.2, 0.25) is 0 Å². The molecule has 0 radical (unpaired) electrons. The Balaban J connectivity index is 1.97. The summed E-state index contributed by atoms with van der Waals surface area (Å²) in [7, 11) is 1.81. The van der Waals surface area contributed by atoms with Gasteiger partial charge in [-0.3, -0.25) is 14.5 Å². The zero-order valence-corrected chi connectivity index (χ0v) is 18.6. The maximum absolute atomic E-state index is 13.3. The van der Waals surface area contributed by atoms with Gasteiger partial charge in [0.15, 0.2) is 0 Å². The van der Waals surface area contributed by atoms with Crippen LogP contribution < -0.4 is 9.64 Å². The molecule has 0 atom stereocenters. The largest absolute Gasteiger partial charge is 0.494 e. The molecule has 31 heavy (non-hydrogen) atoms. The smallest absolute Gasteiger partial charge is 0.278 e. The molecule has 1 aliphatic heterocycles. The Morgan fingerprint density at radius 1 is 0.935 bits per heavy atom. The molecule has 0 fully saturated rings. The topological polar surface area (TPSA) is 59.1 Å². The van der Waals surface area contributed by atoms with Gasteiger partial charge in [0, 0.05) is 12.7 Å². The van der Waals surface area contributed by atoms with Crippen LogP contribution in [-0.2, 0) is 14.3 Å². The zero-order valence-electron chi connectivity index (χ0n) is 18.6. The normalized spacial score (nSPS) is 14.0. The van der Waals surface area contributed by atoms with E-state index in [1.54, 1.807) is 4.90 Å². The maximum atomic E-state index is 13.3. The summed E-state index contributed by atoms with van der Waals surface area (Å²) in [5, 5.41) is 0. The molecule has 6 nitrogen and oxygen atoms in total. The third-order valence-corrected chi connectivity index (χ3v) is 5.00. The van der Waals surface area contributed by atoms with E-state index in [1.807, 2.05) is 82.4 Å². The first-order valence-corrected chi connectivity index (χ1v) is 10.7. The van der Waals surface area contributed by atoms with Crippen molar-refractivity contribution in [3.05, 3.63) is 65.9 Å². The second-order valence-corrected chi connectivity index (χ2v) is 7.67. The first-order valence-electron chi connectivity index (χ1n) is 10.7. The number of amides is 2. The molecule has 0 saturated carbocycles. The highest BCUT2D eigenvalue weighted by atomic mass is 16.5. The number of anilines is 1. The van der Waals surface area contributed by atoms with Gasteiger partial charge in [-0.1, -0.05) is 37.3 Å². The lowest BCUT2D eigenvalue weighted by molar-refractivity contribution is -0.138. The molecule has 0 bridgehead atoms. The Morgan fingerprint density at radius 2 is 1.61 bits per heavy atom. The van der Waals surface area contributed by atoms with Crippen molar-refractivity contribution in [1.82, 2.24) is 4.90 Å². The fourth-order valence-electron chi connectivity index (χ4n) is 3.44. The summed E-state index contributed by atoms with van der Waals surface area (Å²) in [6.07, 6.45) is 0.946. The van der Waals surface area contributed by atoms with Crippen LogP contribution in [0.1, 0.15) is 32.8 Å². The lowest BCUT2D eigenvalue weighted by Crippen LogP contribution is -2.37. The van der Waals surface area contributed by atoms with E-state index < -0.39 is 0 Å². The van der Waals surface area contributed by atoms with E-state index in [9.17, 15) is 9.59 Å². The molecular weight excluding hydrogens is 392 g/mol. The number of ether oxygens (including phenoxy) is 2. The minimum absolute atomic E-state index is 0.0300. The predicted octanol–water partition coefficient (Wildman–Crippen LogP) is 4.12. The van der Waals surface area contributed by atoms with Crippen LogP contribution in [0.3, 0.4) is 0 Å². The summed E-state index contributed by atoms with van der Waals surface area (Å²) >= 11 is 0. The van der Waals surface area contributed by atoms with E-state index in [0.29, 0.717) is 30.0 Å². The van der Waals surface area contributed by atoms with Crippen molar-refractivity contribution in [2.75, 3.05) is 31.7 Å². The van der Waals surface area contributed by atoms with Crippen LogP contribution in [-0.4, -0.2) is 49.6 Å².